The van der Waals surface area contributed by atoms with Crippen LogP contribution in [0, 0.1) is 0 Å². The topological polar surface area (TPSA) is 71.6 Å². The molecule has 3 aromatic rings. The number of nitrogens with zero attached hydrogens (tertiary/aromatic N) is 4. The molecular weight excluding hydrogens is 328 g/mol. The molecule has 26 heavy (non-hydrogen) atoms. The normalized spacial score (nSPS) is 16.6. The lowest BCUT2D eigenvalue weighted by atomic mass is 10.0. The van der Waals surface area contributed by atoms with E-state index in [1.807, 2.05) is 23.2 Å². The summed E-state index contributed by atoms with van der Waals surface area (Å²) < 4.78 is 5.45. The Hall–Kier alpha value is -3.28. The molecule has 0 saturated heterocycles. The van der Waals surface area contributed by atoms with Crippen molar-refractivity contribution in [1.29, 1.82) is 0 Å². The average molecular weight is 346 g/mol. The molecule has 1 aromatic heterocycles. The van der Waals surface area contributed by atoms with Gasteiger partial charge in [0.15, 0.2) is 0 Å². The van der Waals surface area contributed by atoms with E-state index in [4.69, 9.17) is 4.52 Å². The summed E-state index contributed by atoms with van der Waals surface area (Å²) in [6.07, 6.45) is 1.53. The number of aldehydes is 1. The number of aromatic nitrogens is 2. The van der Waals surface area contributed by atoms with Crippen molar-refractivity contribution in [2.75, 3.05) is 6.54 Å². The van der Waals surface area contributed by atoms with Gasteiger partial charge in [-0.15, -0.1) is 0 Å². The average Bonchev–Trinajstić information content (AvgIpc) is 3.36. The zero-order valence-corrected chi connectivity index (χ0v) is 14.4. The molecule has 0 aliphatic carbocycles. The highest BCUT2D eigenvalue weighted by Crippen LogP contribution is 2.32. The third-order valence-corrected chi connectivity index (χ3v) is 4.48. The van der Waals surface area contributed by atoms with Crippen molar-refractivity contribution < 1.29 is 9.32 Å². The molecule has 1 unspecified atom stereocenters. The van der Waals surface area contributed by atoms with Crippen LogP contribution in [0.25, 0.3) is 11.4 Å². The van der Waals surface area contributed by atoms with Crippen LogP contribution in [0.1, 0.15) is 41.2 Å². The highest BCUT2D eigenvalue weighted by molar-refractivity contribution is 5.98. The van der Waals surface area contributed by atoms with Crippen LogP contribution >= 0.6 is 0 Å². The Kier molecular flexibility index (Phi) is 4.31. The lowest BCUT2D eigenvalue weighted by Crippen LogP contribution is -2.18. The number of benzene rings is 2. The summed E-state index contributed by atoms with van der Waals surface area (Å²) in [5, 5.41) is 10.8. The number of carbonyl (C=O) groups is 1. The minimum Gasteiger partial charge on any atom is -0.332 e. The van der Waals surface area contributed by atoms with Crippen molar-refractivity contribution in [3.8, 4) is 11.4 Å². The molecule has 0 spiro atoms. The van der Waals surface area contributed by atoms with E-state index in [1.54, 1.807) is 24.3 Å². The molecule has 6 nitrogen and oxygen atoms in total. The first kappa shape index (κ1) is 16.2. The van der Waals surface area contributed by atoms with Crippen LogP contribution in [0.15, 0.2) is 64.2 Å². The van der Waals surface area contributed by atoms with Gasteiger partial charge in [-0.3, -0.25) is 9.80 Å². The Balaban J connectivity index is 1.58. The fourth-order valence-electron chi connectivity index (χ4n) is 3.11. The maximum Gasteiger partial charge on any atom is 0.274 e. The van der Waals surface area contributed by atoms with Crippen LogP contribution in [-0.2, 0) is 0 Å². The molecule has 6 heteroatoms. The predicted molar refractivity (Wildman–Crippen MR) is 97.8 cm³/mol. The lowest BCUT2D eigenvalue weighted by Gasteiger charge is -2.21. The summed E-state index contributed by atoms with van der Waals surface area (Å²) >= 11 is 0. The van der Waals surface area contributed by atoms with Crippen molar-refractivity contribution in [2.24, 2.45) is 5.10 Å². The first-order valence-corrected chi connectivity index (χ1v) is 8.57. The van der Waals surface area contributed by atoms with E-state index in [-0.39, 0.29) is 6.04 Å². The van der Waals surface area contributed by atoms with E-state index in [9.17, 15) is 4.79 Å². The maximum atomic E-state index is 10.8. The van der Waals surface area contributed by atoms with E-state index in [0.717, 1.165) is 30.5 Å². The molecule has 1 atom stereocenters. The lowest BCUT2D eigenvalue weighted by molar-refractivity contribution is 0.112. The van der Waals surface area contributed by atoms with Crippen LogP contribution in [0.2, 0.25) is 0 Å². The summed E-state index contributed by atoms with van der Waals surface area (Å²) in [6, 6.07) is 17.6. The molecule has 130 valence electrons. The zero-order chi connectivity index (χ0) is 17.9. The van der Waals surface area contributed by atoms with Crippen LogP contribution in [0.3, 0.4) is 0 Å². The van der Waals surface area contributed by atoms with Crippen LogP contribution in [-0.4, -0.2) is 33.7 Å². The number of rotatable bonds is 5. The van der Waals surface area contributed by atoms with Crippen molar-refractivity contribution in [2.45, 2.75) is 19.4 Å². The van der Waals surface area contributed by atoms with Gasteiger partial charge in [0.25, 0.3) is 5.89 Å². The number of carbonyl (C=O) groups excluding carboxylic acids is 1. The fourth-order valence-corrected chi connectivity index (χ4v) is 3.11. The van der Waals surface area contributed by atoms with Gasteiger partial charge in [-0.25, -0.2) is 0 Å². The Bertz CT molecular complexity index is 932. The summed E-state index contributed by atoms with van der Waals surface area (Å²) in [5.74, 6) is 0.933. The Morgan fingerprint density at radius 1 is 1.15 bits per heavy atom. The fraction of sp³-hybridized carbons (Fsp3) is 0.200. The standard InChI is InChI=1S/C20H18N4O2/c1-2-24-18(15-6-4-3-5-7-15)12-17(22-24)20-21-19(23-26-20)16-10-8-14(13-25)9-11-16/h3-11,13,18H,2,12H2,1H3. The quantitative estimate of drug-likeness (QED) is 0.659. The second-order valence-electron chi connectivity index (χ2n) is 6.10. The minimum atomic E-state index is 0.179. The van der Waals surface area contributed by atoms with Crippen LogP contribution in [0.5, 0.6) is 0 Å². The van der Waals surface area contributed by atoms with Crippen molar-refractivity contribution in [3.05, 3.63) is 71.6 Å². The van der Waals surface area contributed by atoms with E-state index in [0.29, 0.717) is 17.3 Å². The smallest absolute Gasteiger partial charge is 0.274 e. The number of hydrogen-bond acceptors (Lipinski definition) is 6. The van der Waals surface area contributed by atoms with Gasteiger partial charge in [-0.05, 0) is 12.5 Å². The van der Waals surface area contributed by atoms with E-state index in [2.05, 4.69) is 34.3 Å². The zero-order valence-electron chi connectivity index (χ0n) is 14.4. The van der Waals surface area contributed by atoms with Gasteiger partial charge in [0.2, 0.25) is 5.82 Å². The van der Waals surface area contributed by atoms with Gasteiger partial charge in [-0.2, -0.15) is 10.1 Å². The number of hydrazone groups is 1. The SMILES string of the molecule is CCN1N=C(c2nc(-c3ccc(C=O)cc3)no2)CC1c1ccccc1. The molecule has 1 aliphatic heterocycles. The molecule has 2 aromatic carbocycles. The molecule has 0 N–H and O–H groups in total. The largest absolute Gasteiger partial charge is 0.332 e. The molecule has 0 fully saturated rings. The summed E-state index contributed by atoms with van der Waals surface area (Å²) in [4.78, 5) is 15.3. The molecule has 2 heterocycles. The predicted octanol–water partition coefficient (Wildman–Crippen LogP) is 3.72. The molecular formula is C20H18N4O2. The highest BCUT2D eigenvalue weighted by Gasteiger charge is 2.30. The Labute approximate surface area is 151 Å². The van der Waals surface area contributed by atoms with Crippen molar-refractivity contribution in [3.63, 3.8) is 0 Å². The third-order valence-electron chi connectivity index (χ3n) is 4.48. The van der Waals surface area contributed by atoms with Gasteiger partial charge in [-0.1, -0.05) is 59.8 Å². The minimum absolute atomic E-state index is 0.179. The molecule has 0 amide bonds. The van der Waals surface area contributed by atoms with Gasteiger partial charge in [0.05, 0.1) is 6.04 Å². The van der Waals surface area contributed by atoms with Gasteiger partial charge >= 0.3 is 0 Å². The summed E-state index contributed by atoms with van der Waals surface area (Å²) in [5.41, 5.74) is 3.43. The van der Waals surface area contributed by atoms with Crippen molar-refractivity contribution in [1.82, 2.24) is 15.1 Å². The second kappa shape index (κ2) is 6.92. The van der Waals surface area contributed by atoms with E-state index >= 15 is 0 Å². The highest BCUT2D eigenvalue weighted by atomic mass is 16.5. The van der Waals surface area contributed by atoms with E-state index < -0.39 is 0 Å². The monoisotopic (exact) mass is 346 g/mol. The second-order valence-corrected chi connectivity index (χ2v) is 6.10. The summed E-state index contributed by atoms with van der Waals surface area (Å²) in [7, 11) is 0. The molecule has 0 bridgehead atoms. The number of hydrogen-bond donors (Lipinski definition) is 0. The van der Waals surface area contributed by atoms with Crippen LogP contribution in [0.4, 0.5) is 0 Å². The van der Waals surface area contributed by atoms with Gasteiger partial charge in [0, 0.05) is 24.1 Å². The first-order valence-electron chi connectivity index (χ1n) is 8.57. The van der Waals surface area contributed by atoms with Crippen molar-refractivity contribution >= 4 is 12.0 Å². The first-order chi connectivity index (χ1) is 12.8. The van der Waals surface area contributed by atoms with Gasteiger partial charge in [0.1, 0.15) is 12.0 Å². The van der Waals surface area contributed by atoms with Crippen LogP contribution < -0.4 is 0 Å². The molecule has 0 saturated carbocycles. The maximum absolute atomic E-state index is 10.8. The molecule has 4 rings (SSSR count). The van der Waals surface area contributed by atoms with Gasteiger partial charge < -0.3 is 4.52 Å². The van der Waals surface area contributed by atoms with E-state index in [1.165, 1.54) is 5.56 Å². The Morgan fingerprint density at radius 3 is 2.62 bits per heavy atom. The molecule has 0 radical (unpaired) electrons. The Morgan fingerprint density at radius 2 is 1.92 bits per heavy atom. The summed E-state index contributed by atoms with van der Waals surface area (Å²) in [6.45, 7) is 2.88. The third kappa shape index (κ3) is 3.01. The molecule has 1 aliphatic rings.